The number of hydrogen-bond donors (Lipinski definition) is 1. The summed E-state index contributed by atoms with van der Waals surface area (Å²) in [6, 6.07) is 8.70. The number of benzene rings is 2. The summed E-state index contributed by atoms with van der Waals surface area (Å²) in [7, 11) is 4.48. The van der Waals surface area contributed by atoms with Crippen LogP contribution in [-0.4, -0.2) is 33.8 Å². The van der Waals surface area contributed by atoms with Crippen LogP contribution in [0.15, 0.2) is 30.3 Å². The highest BCUT2D eigenvalue weighted by molar-refractivity contribution is 6.42. The van der Waals surface area contributed by atoms with Crippen molar-refractivity contribution in [3.63, 3.8) is 0 Å². The zero-order valence-electron chi connectivity index (χ0n) is 14.2. The van der Waals surface area contributed by atoms with E-state index in [2.05, 4.69) is 5.32 Å². The third-order valence-corrected chi connectivity index (χ3v) is 4.52. The molecule has 0 fully saturated rings. The summed E-state index contributed by atoms with van der Waals surface area (Å²) < 4.78 is 15.8. The van der Waals surface area contributed by atoms with Gasteiger partial charge in [-0.25, -0.2) is 0 Å². The van der Waals surface area contributed by atoms with Gasteiger partial charge in [-0.05, 0) is 30.2 Å². The Bertz CT molecular complexity index is 765. The third kappa shape index (κ3) is 4.30. The molecule has 134 valence electrons. The molecule has 0 atom stereocenters. The first-order valence-corrected chi connectivity index (χ1v) is 8.29. The van der Waals surface area contributed by atoms with Crippen molar-refractivity contribution >= 4 is 29.1 Å². The molecule has 0 bridgehead atoms. The van der Waals surface area contributed by atoms with Crippen molar-refractivity contribution < 1.29 is 19.0 Å². The standard InChI is InChI=1S/C18H19Cl2NO4/c1-23-14-8-7-12(16(24-2)17(14)25-3)18(22)21-10-9-11-5-4-6-13(19)15(11)20/h4-8H,9-10H2,1-3H3,(H,21,22). The van der Waals surface area contributed by atoms with Crippen molar-refractivity contribution in [2.45, 2.75) is 6.42 Å². The summed E-state index contributed by atoms with van der Waals surface area (Å²) in [5.74, 6) is 0.897. The second-order valence-corrected chi connectivity index (χ2v) is 5.89. The van der Waals surface area contributed by atoms with Crippen LogP contribution in [-0.2, 0) is 6.42 Å². The molecule has 1 amide bonds. The van der Waals surface area contributed by atoms with E-state index in [4.69, 9.17) is 37.4 Å². The molecule has 0 aromatic heterocycles. The summed E-state index contributed by atoms with van der Waals surface area (Å²) in [6.07, 6.45) is 0.556. The fourth-order valence-electron chi connectivity index (χ4n) is 2.43. The van der Waals surface area contributed by atoms with E-state index >= 15 is 0 Å². The number of ether oxygens (including phenoxy) is 3. The van der Waals surface area contributed by atoms with Crippen LogP contribution in [0.3, 0.4) is 0 Å². The Morgan fingerprint density at radius 3 is 2.36 bits per heavy atom. The van der Waals surface area contributed by atoms with Gasteiger partial charge in [-0.2, -0.15) is 0 Å². The second-order valence-electron chi connectivity index (χ2n) is 5.10. The first kappa shape index (κ1) is 19.2. The first-order chi connectivity index (χ1) is 12.0. The number of methoxy groups -OCH3 is 3. The van der Waals surface area contributed by atoms with E-state index in [9.17, 15) is 4.79 Å². The van der Waals surface area contributed by atoms with Crippen molar-refractivity contribution in [2.75, 3.05) is 27.9 Å². The molecule has 0 aliphatic rings. The Morgan fingerprint density at radius 1 is 1.00 bits per heavy atom. The monoisotopic (exact) mass is 383 g/mol. The van der Waals surface area contributed by atoms with Gasteiger partial charge in [0.15, 0.2) is 11.5 Å². The number of nitrogens with one attached hydrogen (secondary N) is 1. The van der Waals surface area contributed by atoms with Gasteiger partial charge >= 0.3 is 0 Å². The van der Waals surface area contributed by atoms with Crippen molar-refractivity contribution in [1.82, 2.24) is 5.32 Å². The fraction of sp³-hybridized carbons (Fsp3) is 0.278. The van der Waals surface area contributed by atoms with Gasteiger partial charge in [0.1, 0.15) is 0 Å². The van der Waals surface area contributed by atoms with E-state index in [0.717, 1.165) is 5.56 Å². The average Bonchev–Trinajstić information content (AvgIpc) is 2.63. The lowest BCUT2D eigenvalue weighted by Crippen LogP contribution is -2.26. The predicted molar refractivity (Wildman–Crippen MR) is 98.6 cm³/mol. The summed E-state index contributed by atoms with van der Waals surface area (Å²) in [6.45, 7) is 0.399. The Balaban J connectivity index is 2.12. The zero-order valence-corrected chi connectivity index (χ0v) is 15.7. The molecule has 0 saturated carbocycles. The summed E-state index contributed by atoms with van der Waals surface area (Å²) >= 11 is 12.1. The van der Waals surface area contributed by atoms with Gasteiger partial charge in [0.2, 0.25) is 5.75 Å². The van der Waals surface area contributed by atoms with Gasteiger partial charge in [-0.3, -0.25) is 4.79 Å². The molecule has 0 unspecified atom stereocenters. The van der Waals surface area contributed by atoms with Crippen LogP contribution in [0.4, 0.5) is 0 Å². The molecule has 0 radical (unpaired) electrons. The molecule has 0 saturated heterocycles. The van der Waals surface area contributed by atoms with Gasteiger partial charge < -0.3 is 19.5 Å². The van der Waals surface area contributed by atoms with E-state index in [1.165, 1.54) is 21.3 Å². The second kappa shape index (κ2) is 8.83. The minimum Gasteiger partial charge on any atom is -0.493 e. The highest BCUT2D eigenvalue weighted by atomic mass is 35.5. The van der Waals surface area contributed by atoms with Crippen molar-refractivity contribution in [3.8, 4) is 17.2 Å². The van der Waals surface area contributed by atoms with Gasteiger partial charge in [0.25, 0.3) is 5.91 Å². The summed E-state index contributed by atoms with van der Waals surface area (Å²) in [5.41, 5.74) is 1.23. The molecule has 1 N–H and O–H groups in total. The quantitative estimate of drug-likeness (QED) is 0.784. The van der Waals surface area contributed by atoms with E-state index in [1.54, 1.807) is 18.2 Å². The molecule has 25 heavy (non-hydrogen) atoms. The Kier molecular flexibility index (Phi) is 6.79. The number of amides is 1. The molecular formula is C18H19Cl2NO4. The van der Waals surface area contributed by atoms with E-state index in [-0.39, 0.29) is 5.91 Å². The highest BCUT2D eigenvalue weighted by Crippen LogP contribution is 2.39. The summed E-state index contributed by atoms with van der Waals surface area (Å²) in [4.78, 5) is 12.5. The molecule has 0 spiro atoms. The van der Waals surface area contributed by atoms with Gasteiger partial charge in [0.05, 0.1) is 36.9 Å². The lowest BCUT2D eigenvalue weighted by atomic mass is 10.1. The Morgan fingerprint density at radius 2 is 1.72 bits per heavy atom. The Labute approximate surface area is 156 Å². The van der Waals surface area contributed by atoms with E-state index in [1.807, 2.05) is 12.1 Å². The van der Waals surface area contributed by atoms with Crippen LogP contribution in [0, 0.1) is 0 Å². The molecule has 5 nitrogen and oxygen atoms in total. The number of hydrogen-bond acceptors (Lipinski definition) is 4. The molecule has 0 heterocycles. The lowest BCUT2D eigenvalue weighted by molar-refractivity contribution is 0.0950. The molecular weight excluding hydrogens is 365 g/mol. The molecule has 2 aromatic rings. The molecule has 0 aliphatic heterocycles. The van der Waals surface area contributed by atoms with Crippen LogP contribution >= 0.6 is 23.2 Å². The van der Waals surface area contributed by atoms with Crippen molar-refractivity contribution in [3.05, 3.63) is 51.5 Å². The number of carbonyl (C=O) groups is 1. The number of halogens is 2. The highest BCUT2D eigenvalue weighted by Gasteiger charge is 2.20. The fourth-order valence-corrected chi connectivity index (χ4v) is 2.84. The summed E-state index contributed by atoms with van der Waals surface area (Å²) in [5, 5.41) is 3.84. The van der Waals surface area contributed by atoms with Gasteiger partial charge in [-0.15, -0.1) is 0 Å². The Hall–Kier alpha value is -2.11. The SMILES string of the molecule is COc1ccc(C(=O)NCCc2cccc(Cl)c2Cl)c(OC)c1OC. The first-order valence-electron chi connectivity index (χ1n) is 7.53. The maximum Gasteiger partial charge on any atom is 0.255 e. The minimum absolute atomic E-state index is 0.282. The third-order valence-electron chi connectivity index (χ3n) is 3.66. The smallest absolute Gasteiger partial charge is 0.255 e. The maximum atomic E-state index is 12.5. The molecule has 2 rings (SSSR count). The van der Waals surface area contributed by atoms with Crippen LogP contribution in [0.2, 0.25) is 10.0 Å². The van der Waals surface area contributed by atoms with Crippen LogP contribution in [0.1, 0.15) is 15.9 Å². The zero-order chi connectivity index (χ0) is 18.4. The van der Waals surface area contributed by atoms with Crippen molar-refractivity contribution in [2.24, 2.45) is 0 Å². The van der Waals surface area contributed by atoms with Crippen LogP contribution in [0.25, 0.3) is 0 Å². The molecule has 2 aromatic carbocycles. The molecule has 0 aliphatic carbocycles. The van der Waals surface area contributed by atoms with Gasteiger partial charge in [0, 0.05) is 6.54 Å². The molecule has 7 heteroatoms. The van der Waals surface area contributed by atoms with E-state index < -0.39 is 0 Å². The number of rotatable bonds is 7. The number of carbonyl (C=O) groups excluding carboxylic acids is 1. The predicted octanol–water partition coefficient (Wildman–Crippen LogP) is 3.99. The topological polar surface area (TPSA) is 56.8 Å². The maximum absolute atomic E-state index is 12.5. The average molecular weight is 384 g/mol. The van der Waals surface area contributed by atoms with Gasteiger partial charge in [-0.1, -0.05) is 35.3 Å². The van der Waals surface area contributed by atoms with Crippen molar-refractivity contribution in [1.29, 1.82) is 0 Å². The normalized spacial score (nSPS) is 10.3. The largest absolute Gasteiger partial charge is 0.493 e. The minimum atomic E-state index is -0.282. The lowest BCUT2D eigenvalue weighted by Gasteiger charge is -2.15. The van der Waals surface area contributed by atoms with E-state index in [0.29, 0.717) is 45.8 Å². The van der Waals surface area contributed by atoms with Crippen LogP contribution in [0.5, 0.6) is 17.2 Å². The van der Waals surface area contributed by atoms with Crippen LogP contribution < -0.4 is 19.5 Å².